The van der Waals surface area contributed by atoms with E-state index in [1.165, 1.54) is 0 Å². The summed E-state index contributed by atoms with van der Waals surface area (Å²) < 4.78 is 0.496. The van der Waals surface area contributed by atoms with Crippen molar-refractivity contribution < 1.29 is 0 Å². The normalized spacial score (nSPS) is 10.8. The van der Waals surface area contributed by atoms with E-state index in [2.05, 4.69) is 30.9 Å². The van der Waals surface area contributed by atoms with Crippen LogP contribution in [0.15, 0.2) is 15.5 Å². The van der Waals surface area contributed by atoms with E-state index in [1.807, 2.05) is 6.92 Å². The van der Waals surface area contributed by atoms with Crippen molar-refractivity contribution >= 4 is 38.6 Å². The number of hydrogen-bond donors (Lipinski definition) is 1. The smallest absolute Gasteiger partial charge is 0.264 e. The molecule has 2 rings (SSSR count). The van der Waals surface area contributed by atoms with E-state index in [9.17, 15) is 4.79 Å². The van der Waals surface area contributed by atoms with Gasteiger partial charge in [0.1, 0.15) is 5.65 Å². The molecule has 6 heteroatoms. The minimum atomic E-state index is -0.218. The summed E-state index contributed by atoms with van der Waals surface area (Å²) in [6.45, 7) is 1.82. The van der Waals surface area contributed by atoms with Gasteiger partial charge in [-0.1, -0.05) is 0 Å². The molecule has 0 saturated carbocycles. The Morgan fingerprint density at radius 2 is 2.29 bits per heavy atom. The van der Waals surface area contributed by atoms with Gasteiger partial charge < -0.3 is 4.98 Å². The summed E-state index contributed by atoms with van der Waals surface area (Å²) in [5, 5.41) is 0.899. The predicted octanol–water partition coefficient (Wildman–Crippen LogP) is 2.04. The van der Waals surface area contributed by atoms with Crippen LogP contribution in [0, 0.1) is 6.92 Å². The van der Waals surface area contributed by atoms with Crippen molar-refractivity contribution in [3.63, 3.8) is 0 Å². The lowest BCUT2D eigenvalue weighted by atomic mass is 10.2. The molecule has 0 bridgehead atoms. The van der Waals surface area contributed by atoms with Crippen molar-refractivity contribution in [3.8, 4) is 0 Å². The number of rotatable bonds is 0. The fourth-order valence-corrected chi connectivity index (χ4v) is 1.63. The van der Waals surface area contributed by atoms with Crippen molar-refractivity contribution in [2.24, 2.45) is 0 Å². The second kappa shape index (κ2) is 3.33. The molecule has 4 nitrogen and oxygen atoms in total. The third-order valence-corrected chi connectivity index (χ3v) is 3.06. The van der Waals surface area contributed by atoms with Gasteiger partial charge in [-0.25, -0.2) is 4.98 Å². The summed E-state index contributed by atoms with van der Waals surface area (Å²) in [4.78, 5) is 21.7. The molecular formula is C8H5BrClN3O. The van der Waals surface area contributed by atoms with E-state index in [0.29, 0.717) is 10.1 Å². The summed E-state index contributed by atoms with van der Waals surface area (Å²) in [5.74, 6) is 0. The van der Waals surface area contributed by atoms with Gasteiger partial charge in [0.05, 0.1) is 4.47 Å². The molecule has 0 aliphatic rings. The van der Waals surface area contributed by atoms with Gasteiger partial charge in [-0.05, 0) is 40.0 Å². The van der Waals surface area contributed by atoms with E-state index < -0.39 is 0 Å². The Morgan fingerprint density at radius 1 is 1.57 bits per heavy atom. The number of pyridine rings is 1. The lowest BCUT2D eigenvalue weighted by Crippen LogP contribution is -2.09. The molecule has 0 aromatic carbocycles. The van der Waals surface area contributed by atoms with Gasteiger partial charge in [-0.15, -0.1) is 0 Å². The van der Waals surface area contributed by atoms with E-state index in [1.54, 1.807) is 6.20 Å². The third kappa shape index (κ3) is 1.42. The summed E-state index contributed by atoms with van der Waals surface area (Å²) in [5.41, 5.74) is 1.04. The van der Waals surface area contributed by atoms with Crippen LogP contribution in [-0.4, -0.2) is 15.0 Å². The van der Waals surface area contributed by atoms with Crippen LogP contribution in [0.1, 0.15) is 5.56 Å². The van der Waals surface area contributed by atoms with Gasteiger partial charge in [0.2, 0.25) is 5.28 Å². The zero-order valence-corrected chi connectivity index (χ0v) is 9.48. The Labute approximate surface area is 92.5 Å². The van der Waals surface area contributed by atoms with Crippen molar-refractivity contribution in [1.29, 1.82) is 0 Å². The molecule has 0 spiro atoms. The Kier molecular flexibility index (Phi) is 2.28. The number of hydrogen-bond acceptors (Lipinski definition) is 3. The number of aromatic amines is 1. The number of halogens is 2. The lowest BCUT2D eigenvalue weighted by molar-refractivity contribution is 1.14. The first-order chi connectivity index (χ1) is 6.59. The third-order valence-electron chi connectivity index (χ3n) is 1.92. The molecule has 72 valence electrons. The molecule has 0 fully saturated rings. The number of nitrogens with one attached hydrogen (secondary N) is 1. The summed E-state index contributed by atoms with van der Waals surface area (Å²) >= 11 is 8.79. The average molecular weight is 275 g/mol. The van der Waals surface area contributed by atoms with Crippen molar-refractivity contribution in [1.82, 2.24) is 15.0 Å². The minimum absolute atomic E-state index is 0.120. The quantitative estimate of drug-likeness (QED) is 0.748. The highest BCUT2D eigenvalue weighted by Crippen LogP contribution is 2.19. The second-order valence-electron chi connectivity index (χ2n) is 2.79. The molecular weight excluding hydrogens is 269 g/mol. The van der Waals surface area contributed by atoms with E-state index in [-0.39, 0.29) is 10.8 Å². The standard InChI is InChI=1S/C8H5BrClN3O/c1-3-4-2-11-8(10)13-6(4)12-7(14)5(3)9/h2H,1H3,(H,11,12,13,14). The lowest BCUT2D eigenvalue weighted by Gasteiger charge is -2.02. The molecule has 2 heterocycles. The molecule has 0 unspecified atom stereocenters. The van der Waals surface area contributed by atoms with Gasteiger partial charge >= 0.3 is 0 Å². The van der Waals surface area contributed by atoms with Crippen LogP contribution < -0.4 is 5.56 Å². The zero-order chi connectivity index (χ0) is 10.3. The van der Waals surface area contributed by atoms with Crippen LogP contribution in [0.25, 0.3) is 11.0 Å². The van der Waals surface area contributed by atoms with Gasteiger partial charge in [0, 0.05) is 11.6 Å². The summed E-state index contributed by atoms with van der Waals surface area (Å²) in [6.07, 6.45) is 1.58. The van der Waals surface area contributed by atoms with Crippen LogP contribution in [-0.2, 0) is 0 Å². The van der Waals surface area contributed by atoms with Crippen molar-refractivity contribution in [2.45, 2.75) is 6.92 Å². The summed E-state index contributed by atoms with van der Waals surface area (Å²) in [6, 6.07) is 0. The number of fused-ring (bicyclic) bond motifs is 1. The second-order valence-corrected chi connectivity index (χ2v) is 3.93. The van der Waals surface area contributed by atoms with Crippen LogP contribution >= 0.6 is 27.5 Å². The first-order valence-corrected chi connectivity index (χ1v) is 4.97. The van der Waals surface area contributed by atoms with E-state index >= 15 is 0 Å². The van der Waals surface area contributed by atoms with Gasteiger partial charge in [0.25, 0.3) is 5.56 Å². The van der Waals surface area contributed by atoms with Crippen LogP contribution in [0.3, 0.4) is 0 Å². The molecule has 0 radical (unpaired) electrons. The Bertz CT molecular complexity index is 566. The average Bonchev–Trinajstić information content (AvgIpc) is 2.14. The van der Waals surface area contributed by atoms with E-state index in [0.717, 1.165) is 10.9 Å². The SMILES string of the molecule is Cc1c(Br)c(=O)[nH]c2nc(Cl)ncc12. The van der Waals surface area contributed by atoms with Gasteiger partial charge in [-0.2, -0.15) is 4.98 Å². The maximum absolute atomic E-state index is 11.4. The topological polar surface area (TPSA) is 58.6 Å². The number of nitrogens with zero attached hydrogens (tertiary/aromatic N) is 2. The van der Waals surface area contributed by atoms with Crippen LogP contribution in [0.5, 0.6) is 0 Å². The molecule has 0 aliphatic heterocycles. The first-order valence-electron chi connectivity index (χ1n) is 3.80. The number of H-pyrrole nitrogens is 1. The highest BCUT2D eigenvalue weighted by Gasteiger charge is 2.07. The number of aromatic nitrogens is 3. The Hall–Kier alpha value is -0.940. The first kappa shape index (κ1) is 9.61. The Morgan fingerprint density at radius 3 is 3.00 bits per heavy atom. The predicted molar refractivity (Wildman–Crippen MR) is 57.6 cm³/mol. The molecule has 0 atom stereocenters. The molecule has 0 aliphatic carbocycles. The fourth-order valence-electron chi connectivity index (χ4n) is 1.18. The maximum atomic E-state index is 11.4. The highest BCUT2D eigenvalue weighted by atomic mass is 79.9. The molecule has 2 aromatic rings. The van der Waals surface area contributed by atoms with Crippen molar-refractivity contribution in [2.75, 3.05) is 0 Å². The van der Waals surface area contributed by atoms with Gasteiger partial charge in [-0.3, -0.25) is 4.79 Å². The zero-order valence-electron chi connectivity index (χ0n) is 7.14. The minimum Gasteiger partial charge on any atom is -0.305 e. The molecule has 1 N–H and O–H groups in total. The largest absolute Gasteiger partial charge is 0.305 e. The highest BCUT2D eigenvalue weighted by molar-refractivity contribution is 9.10. The summed E-state index contributed by atoms with van der Waals surface area (Å²) in [7, 11) is 0. The fraction of sp³-hybridized carbons (Fsp3) is 0.125. The molecule has 14 heavy (non-hydrogen) atoms. The monoisotopic (exact) mass is 273 g/mol. The molecule has 0 saturated heterocycles. The van der Waals surface area contributed by atoms with Crippen LogP contribution in [0.2, 0.25) is 5.28 Å². The van der Waals surface area contributed by atoms with E-state index in [4.69, 9.17) is 11.6 Å². The van der Waals surface area contributed by atoms with Crippen molar-refractivity contribution in [3.05, 3.63) is 31.9 Å². The van der Waals surface area contributed by atoms with Crippen LogP contribution in [0.4, 0.5) is 0 Å². The molecule has 0 amide bonds. The number of aryl methyl sites for hydroxylation is 1. The maximum Gasteiger partial charge on any atom is 0.264 e. The van der Waals surface area contributed by atoms with Gasteiger partial charge in [0.15, 0.2) is 0 Å². The molecule has 2 aromatic heterocycles. The Balaban J connectivity index is 2.98.